The molecule has 2 aromatic carbocycles. The van der Waals surface area contributed by atoms with Crippen LogP contribution in [0, 0.1) is 0 Å². The highest BCUT2D eigenvalue weighted by molar-refractivity contribution is 9.10. The number of methoxy groups -OCH3 is 1. The summed E-state index contributed by atoms with van der Waals surface area (Å²) in [5.74, 6) is -0.204. The summed E-state index contributed by atoms with van der Waals surface area (Å²) in [5, 5.41) is 6.78. The molecule has 0 radical (unpaired) electrons. The van der Waals surface area contributed by atoms with Crippen LogP contribution in [0.15, 0.2) is 58.2 Å². The molecule has 1 atom stereocenters. The van der Waals surface area contributed by atoms with Gasteiger partial charge in [0.05, 0.1) is 5.71 Å². The van der Waals surface area contributed by atoms with Gasteiger partial charge in [-0.2, -0.15) is 0 Å². The molecule has 25 heavy (non-hydrogen) atoms. The van der Waals surface area contributed by atoms with Crippen molar-refractivity contribution in [3.05, 3.63) is 69.7 Å². The van der Waals surface area contributed by atoms with E-state index in [1.165, 1.54) is 7.11 Å². The molecule has 1 N–H and O–H groups in total. The predicted molar refractivity (Wildman–Crippen MR) is 101 cm³/mol. The predicted octanol–water partition coefficient (Wildman–Crippen LogP) is 3.82. The first kappa shape index (κ1) is 19.1. The fraction of sp³-hybridized carbons (Fsp3) is 0.263. The number of carbonyl (C=O) groups excluding carboxylic acids is 1. The Labute approximate surface area is 156 Å². The van der Waals surface area contributed by atoms with Crippen LogP contribution in [0.4, 0.5) is 0 Å². The molecule has 0 fully saturated rings. The van der Waals surface area contributed by atoms with Gasteiger partial charge in [-0.25, -0.2) is 0 Å². The summed E-state index contributed by atoms with van der Waals surface area (Å²) in [6, 6.07) is 15.3. The summed E-state index contributed by atoms with van der Waals surface area (Å²) in [7, 11) is 3.09. The van der Waals surface area contributed by atoms with Crippen LogP contribution in [0.25, 0.3) is 0 Å². The minimum atomic E-state index is -0.679. The molecule has 0 aliphatic rings. The molecular formula is C19H21BrN2O3. The molecule has 1 amide bonds. The number of rotatable bonds is 7. The Morgan fingerprint density at radius 3 is 2.52 bits per heavy atom. The number of halogens is 1. The van der Waals surface area contributed by atoms with Gasteiger partial charge in [-0.05, 0) is 35.7 Å². The third kappa shape index (κ3) is 5.14. The van der Waals surface area contributed by atoms with E-state index >= 15 is 0 Å². The average molecular weight is 405 g/mol. The van der Waals surface area contributed by atoms with Crippen LogP contribution in [0.3, 0.4) is 0 Å². The fourth-order valence-corrected chi connectivity index (χ4v) is 2.63. The zero-order chi connectivity index (χ0) is 18.2. The van der Waals surface area contributed by atoms with Gasteiger partial charge in [0, 0.05) is 18.6 Å². The number of hydrogen-bond donors (Lipinski definition) is 1. The van der Waals surface area contributed by atoms with E-state index in [4.69, 9.17) is 9.57 Å². The van der Waals surface area contributed by atoms with Gasteiger partial charge in [0.15, 0.2) is 6.10 Å². The molecule has 0 saturated carbocycles. The van der Waals surface area contributed by atoms with Crippen molar-refractivity contribution < 1.29 is 14.4 Å². The van der Waals surface area contributed by atoms with E-state index in [-0.39, 0.29) is 12.5 Å². The van der Waals surface area contributed by atoms with Gasteiger partial charge in [0.2, 0.25) is 0 Å². The molecule has 0 aliphatic heterocycles. The van der Waals surface area contributed by atoms with E-state index < -0.39 is 6.10 Å². The maximum atomic E-state index is 12.0. The lowest BCUT2D eigenvalue weighted by Crippen LogP contribution is -2.27. The van der Waals surface area contributed by atoms with Crippen LogP contribution >= 0.6 is 15.9 Å². The second kappa shape index (κ2) is 9.34. The minimum Gasteiger partial charge on any atom is -0.391 e. The number of carbonyl (C=O) groups is 1. The van der Waals surface area contributed by atoms with Crippen LogP contribution in [0.2, 0.25) is 0 Å². The summed E-state index contributed by atoms with van der Waals surface area (Å²) in [6.45, 7) is 2.14. The van der Waals surface area contributed by atoms with Gasteiger partial charge in [-0.1, -0.05) is 57.5 Å². The number of likely N-dealkylation sites (N-methyl/N-ethyl adjacent to an activating group) is 1. The molecule has 6 heteroatoms. The van der Waals surface area contributed by atoms with Crippen molar-refractivity contribution in [2.45, 2.75) is 19.6 Å². The molecule has 0 saturated heterocycles. The van der Waals surface area contributed by atoms with E-state index in [9.17, 15) is 4.79 Å². The lowest BCUT2D eigenvalue weighted by atomic mass is 10.0. The Hall–Kier alpha value is -2.18. The first-order valence-electron chi connectivity index (χ1n) is 7.81. The second-order valence-corrected chi connectivity index (χ2v) is 6.30. The zero-order valence-corrected chi connectivity index (χ0v) is 16.0. The maximum absolute atomic E-state index is 12.0. The van der Waals surface area contributed by atoms with E-state index in [2.05, 4.69) is 26.4 Å². The fourth-order valence-electron chi connectivity index (χ4n) is 2.37. The average Bonchev–Trinajstić information content (AvgIpc) is 2.63. The molecule has 5 nitrogen and oxygen atoms in total. The zero-order valence-electron chi connectivity index (χ0n) is 14.5. The van der Waals surface area contributed by atoms with Gasteiger partial charge in [0.1, 0.15) is 6.61 Å². The van der Waals surface area contributed by atoms with Gasteiger partial charge < -0.3 is 14.9 Å². The van der Waals surface area contributed by atoms with Gasteiger partial charge in [-0.3, -0.25) is 4.79 Å². The van der Waals surface area contributed by atoms with Crippen molar-refractivity contribution in [3.63, 3.8) is 0 Å². The third-order valence-electron chi connectivity index (χ3n) is 3.74. The van der Waals surface area contributed by atoms with Crippen molar-refractivity contribution in [1.29, 1.82) is 0 Å². The van der Waals surface area contributed by atoms with Crippen molar-refractivity contribution in [2.75, 3.05) is 14.2 Å². The number of nitrogens with one attached hydrogen (secondary N) is 1. The highest BCUT2D eigenvalue weighted by Gasteiger charge is 2.21. The van der Waals surface area contributed by atoms with Crippen LogP contribution in [-0.4, -0.2) is 25.8 Å². The van der Waals surface area contributed by atoms with Gasteiger partial charge >= 0.3 is 0 Å². The number of ether oxygens (including phenoxy) is 1. The standard InChI is InChI=1S/C19H21BrN2O3/c1-13(14-8-10-16(20)11-9-14)22-25-12-15-6-4-5-7-17(15)18(24-3)19(23)21-2/h4-11,18H,12H2,1-3H3,(H,21,23)/b22-13+. The SMILES string of the molecule is CNC(=O)C(OC)c1ccccc1CO/N=C(\C)c1ccc(Br)cc1. The van der Waals surface area contributed by atoms with E-state index in [0.717, 1.165) is 26.9 Å². The molecular weight excluding hydrogens is 384 g/mol. The molecule has 2 aromatic rings. The van der Waals surface area contributed by atoms with Crippen LogP contribution < -0.4 is 5.32 Å². The molecule has 0 aromatic heterocycles. The summed E-state index contributed by atoms with van der Waals surface area (Å²) < 4.78 is 6.34. The summed E-state index contributed by atoms with van der Waals surface area (Å²) in [6.07, 6.45) is -0.679. The monoisotopic (exact) mass is 404 g/mol. The van der Waals surface area contributed by atoms with Crippen LogP contribution in [0.1, 0.15) is 29.7 Å². The number of nitrogens with zero attached hydrogens (tertiary/aromatic N) is 1. The number of hydrogen-bond acceptors (Lipinski definition) is 4. The quantitative estimate of drug-likeness (QED) is 0.563. The lowest BCUT2D eigenvalue weighted by molar-refractivity contribution is -0.130. The normalized spacial score (nSPS) is 12.6. The third-order valence-corrected chi connectivity index (χ3v) is 4.27. The van der Waals surface area contributed by atoms with Crippen LogP contribution in [-0.2, 0) is 21.0 Å². The minimum absolute atomic E-state index is 0.204. The number of benzene rings is 2. The van der Waals surface area contributed by atoms with E-state index in [1.807, 2.05) is 55.5 Å². The smallest absolute Gasteiger partial charge is 0.253 e. The van der Waals surface area contributed by atoms with E-state index in [1.54, 1.807) is 7.05 Å². The first-order valence-corrected chi connectivity index (χ1v) is 8.60. The summed E-state index contributed by atoms with van der Waals surface area (Å²) in [5.41, 5.74) is 3.38. The van der Waals surface area contributed by atoms with Crippen molar-refractivity contribution in [3.8, 4) is 0 Å². The maximum Gasteiger partial charge on any atom is 0.253 e. The van der Waals surface area contributed by atoms with Gasteiger partial charge in [-0.15, -0.1) is 0 Å². The van der Waals surface area contributed by atoms with Crippen LogP contribution in [0.5, 0.6) is 0 Å². The van der Waals surface area contributed by atoms with E-state index in [0.29, 0.717) is 0 Å². The van der Waals surface area contributed by atoms with Crippen molar-refractivity contribution in [2.24, 2.45) is 5.16 Å². The molecule has 2 rings (SSSR count). The summed E-state index contributed by atoms with van der Waals surface area (Å²) in [4.78, 5) is 17.5. The summed E-state index contributed by atoms with van der Waals surface area (Å²) >= 11 is 3.41. The Balaban J connectivity index is 2.12. The first-order chi connectivity index (χ1) is 12.1. The number of amides is 1. The Kier molecular flexibility index (Phi) is 7.16. The second-order valence-electron chi connectivity index (χ2n) is 5.39. The highest BCUT2D eigenvalue weighted by Crippen LogP contribution is 2.22. The van der Waals surface area contributed by atoms with Gasteiger partial charge in [0.25, 0.3) is 5.91 Å². The lowest BCUT2D eigenvalue weighted by Gasteiger charge is -2.17. The molecule has 1 unspecified atom stereocenters. The number of oxime groups is 1. The Morgan fingerprint density at radius 1 is 1.20 bits per heavy atom. The Morgan fingerprint density at radius 2 is 1.88 bits per heavy atom. The largest absolute Gasteiger partial charge is 0.391 e. The Bertz CT molecular complexity index is 745. The molecule has 0 spiro atoms. The molecule has 0 bridgehead atoms. The molecule has 132 valence electrons. The molecule has 0 aliphatic carbocycles. The molecule has 0 heterocycles. The topological polar surface area (TPSA) is 59.9 Å². The van der Waals surface area contributed by atoms with Crippen molar-refractivity contribution in [1.82, 2.24) is 5.32 Å². The van der Waals surface area contributed by atoms with Crippen molar-refractivity contribution >= 4 is 27.5 Å². The highest BCUT2D eigenvalue weighted by atomic mass is 79.9.